The van der Waals surface area contributed by atoms with Crippen LogP contribution in [0.2, 0.25) is 0 Å². The van der Waals surface area contributed by atoms with Crippen molar-refractivity contribution in [3.8, 4) is 11.5 Å². The molecule has 36 heavy (non-hydrogen) atoms. The number of fused-ring (bicyclic) bond motifs is 1. The highest BCUT2D eigenvalue weighted by atomic mass is 32.1. The van der Waals surface area contributed by atoms with Crippen LogP contribution in [-0.2, 0) is 6.54 Å². The summed E-state index contributed by atoms with van der Waals surface area (Å²) in [6.45, 7) is 10.6. The lowest BCUT2D eigenvalue weighted by atomic mass is 10.1. The number of hydrogen-bond acceptors (Lipinski definition) is 5. The number of benzene rings is 2. The smallest absolute Gasteiger partial charge is 0.253 e. The Morgan fingerprint density at radius 1 is 1.03 bits per heavy atom. The van der Waals surface area contributed by atoms with Crippen molar-refractivity contribution in [1.29, 1.82) is 0 Å². The molecule has 194 valence electrons. The fourth-order valence-electron chi connectivity index (χ4n) is 4.28. The molecule has 8 heteroatoms. The standard InChI is InChI=1S/C28H38N4O3S/c1-6-31(7-2)14-11-15-32(28(36)29-20(3)21-12-9-8-10-13-21)19-23-16-22-17-25(34-4)26(35-5)18-24(22)30-27(23)33/h8-10,12-13,16-18,20H,6-7,11,14-15,19H2,1-5H3,(H,29,36)(H,30,33)/t20-/m1/s1. The van der Waals surface area contributed by atoms with Crippen molar-refractivity contribution in [3.63, 3.8) is 0 Å². The Morgan fingerprint density at radius 2 is 1.69 bits per heavy atom. The Kier molecular flexibility index (Phi) is 10.1. The summed E-state index contributed by atoms with van der Waals surface area (Å²) in [6.07, 6.45) is 0.944. The number of H-pyrrole nitrogens is 1. The third-order valence-electron chi connectivity index (χ3n) is 6.51. The fraction of sp³-hybridized carbons (Fsp3) is 0.429. The van der Waals surface area contributed by atoms with E-state index in [0.717, 1.165) is 43.5 Å². The zero-order valence-electron chi connectivity index (χ0n) is 22.0. The van der Waals surface area contributed by atoms with Crippen LogP contribution in [0, 0.1) is 0 Å². The Labute approximate surface area is 219 Å². The minimum Gasteiger partial charge on any atom is -0.493 e. The van der Waals surface area contributed by atoms with Crippen molar-refractivity contribution in [2.24, 2.45) is 0 Å². The van der Waals surface area contributed by atoms with Gasteiger partial charge in [-0.05, 0) is 62.9 Å². The molecule has 3 rings (SSSR count). The van der Waals surface area contributed by atoms with E-state index in [1.54, 1.807) is 20.3 Å². The van der Waals surface area contributed by atoms with Crippen LogP contribution in [0.1, 0.15) is 44.4 Å². The Hall–Kier alpha value is -3.10. The first kappa shape index (κ1) is 27.5. The predicted molar refractivity (Wildman–Crippen MR) is 151 cm³/mol. The maximum Gasteiger partial charge on any atom is 0.253 e. The summed E-state index contributed by atoms with van der Waals surface area (Å²) in [5, 5.41) is 4.98. The molecule has 0 aliphatic carbocycles. The second-order valence-corrected chi connectivity index (χ2v) is 9.19. The second kappa shape index (κ2) is 13.3. The largest absolute Gasteiger partial charge is 0.493 e. The van der Waals surface area contributed by atoms with Crippen molar-refractivity contribution < 1.29 is 9.47 Å². The number of nitrogens with one attached hydrogen (secondary N) is 2. The van der Waals surface area contributed by atoms with Crippen LogP contribution in [0.3, 0.4) is 0 Å². The van der Waals surface area contributed by atoms with Gasteiger partial charge in [-0.1, -0.05) is 44.2 Å². The van der Waals surface area contributed by atoms with E-state index < -0.39 is 0 Å². The first-order valence-electron chi connectivity index (χ1n) is 12.5. The van der Waals surface area contributed by atoms with Gasteiger partial charge < -0.3 is 29.6 Å². The third kappa shape index (κ3) is 6.98. The monoisotopic (exact) mass is 510 g/mol. The van der Waals surface area contributed by atoms with Crippen molar-refractivity contribution in [2.75, 3.05) is 40.4 Å². The molecule has 0 aliphatic heterocycles. The van der Waals surface area contributed by atoms with E-state index in [-0.39, 0.29) is 11.6 Å². The lowest BCUT2D eigenvalue weighted by Crippen LogP contribution is -2.42. The fourth-order valence-corrected chi connectivity index (χ4v) is 4.61. The van der Waals surface area contributed by atoms with Gasteiger partial charge in [0.25, 0.3) is 5.56 Å². The van der Waals surface area contributed by atoms with Crippen LogP contribution in [0.15, 0.2) is 53.3 Å². The second-order valence-electron chi connectivity index (χ2n) is 8.80. The maximum absolute atomic E-state index is 13.0. The zero-order valence-corrected chi connectivity index (χ0v) is 22.8. The molecule has 1 aromatic heterocycles. The minimum atomic E-state index is -0.137. The van der Waals surface area contributed by atoms with E-state index >= 15 is 0 Å². The van der Waals surface area contributed by atoms with Crippen molar-refractivity contribution in [2.45, 2.75) is 39.8 Å². The quantitative estimate of drug-likeness (QED) is 0.342. The molecule has 0 saturated carbocycles. The van der Waals surface area contributed by atoms with Crippen LogP contribution in [-0.4, -0.2) is 60.3 Å². The number of aromatic nitrogens is 1. The molecule has 0 saturated heterocycles. The summed E-state index contributed by atoms with van der Waals surface area (Å²) in [6, 6.07) is 15.9. The van der Waals surface area contributed by atoms with Crippen LogP contribution in [0.5, 0.6) is 11.5 Å². The SMILES string of the molecule is CCN(CC)CCCN(Cc1cc2cc(OC)c(OC)cc2[nH]c1=O)C(=S)N[C@H](C)c1ccccc1. The first-order valence-corrected chi connectivity index (χ1v) is 12.9. The van der Waals surface area contributed by atoms with E-state index in [0.29, 0.717) is 34.2 Å². The van der Waals surface area contributed by atoms with Gasteiger partial charge in [0.2, 0.25) is 0 Å². The van der Waals surface area contributed by atoms with Crippen molar-refractivity contribution in [1.82, 2.24) is 20.1 Å². The molecule has 0 bridgehead atoms. The zero-order chi connectivity index (χ0) is 26.1. The number of ether oxygens (including phenoxy) is 2. The number of pyridine rings is 1. The summed E-state index contributed by atoms with van der Waals surface area (Å²) in [7, 11) is 3.18. The van der Waals surface area contributed by atoms with Crippen LogP contribution < -0.4 is 20.3 Å². The Balaban J connectivity index is 1.85. The Bertz CT molecular complexity index is 1190. The highest BCUT2D eigenvalue weighted by molar-refractivity contribution is 7.80. The number of hydrogen-bond donors (Lipinski definition) is 2. The van der Waals surface area contributed by atoms with E-state index in [4.69, 9.17) is 21.7 Å². The summed E-state index contributed by atoms with van der Waals surface area (Å²) in [5.41, 5.74) is 2.37. The molecule has 0 amide bonds. The number of nitrogens with zero attached hydrogens (tertiary/aromatic N) is 2. The van der Waals surface area contributed by atoms with Gasteiger partial charge in [-0.3, -0.25) is 4.79 Å². The number of rotatable bonds is 12. The van der Waals surface area contributed by atoms with Gasteiger partial charge >= 0.3 is 0 Å². The number of aromatic amines is 1. The van der Waals surface area contributed by atoms with Crippen molar-refractivity contribution in [3.05, 3.63) is 70.0 Å². The summed E-state index contributed by atoms with van der Waals surface area (Å²) < 4.78 is 10.8. The maximum atomic E-state index is 13.0. The van der Waals surface area contributed by atoms with E-state index in [2.05, 4.69) is 53.0 Å². The highest BCUT2D eigenvalue weighted by Crippen LogP contribution is 2.31. The molecule has 3 aromatic rings. The van der Waals surface area contributed by atoms with Gasteiger partial charge in [0.1, 0.15) is 0 Å². The van der Waals surface area contributed by atoms with E-state index in [9.17, 15) is 4.79 Å². The van der Waals surface area contributed by atoms with Crippen molar-refractivity contribution >= 4 is 28.2 Å². The number of thiocarbonyl (C=S) groups is 1. The molecule has 0 unspecified atom stereocenters. The highest BCUT2D eigenvalue weighted by Gasteiger charge is 2.17. The predicted octanol–water partition coefficient (Wildman–Crippen LogP) is 4.71. The third-order valence-corrected chi connectivity index (χ3v) is 6.89. The van der Waals surface area contributed by atoms with Gasteiger partial charge in [-0.2, -0.15) is 0 Å². The molecule has 1 atom stereocenters. The van der Waals surface area contributed by atoms with E-state index in [1.807, 2.05) is 30.3 Å². The topological polar surface area (TPSA) is 69.8 Å². The van der Waals surface area contributed by atoms with Gasteiger partial charge in [-0.15, -0.1) is 0 Å². The summed E-state index contributed by atoms with van der Waals surface area (Å²) in [4.78, 5) is 20.5. The average Bonchev–Trinajstić information content (AvgIpc) is 2.90. The molecule has 0 radical (unpaired) electrons. The van der Waals surface area contributed by atoms with Gasteiger partial charge in [0.05, 0.1) is 32.3 Å². The first-order chi connectivity index (χ1) is 17.4. The van der Waals surface area contributed by atoms with Gasteiger partial charge in [0, 0.05) is 23.6 Å². The van der Waals surface area contributed by atoms with Gasteiger partial charge in [0.15, 0.2) is 16.6 Å². The van der Waals surface area contributed by atoms with Crippen LogP contribution in [0.4, 0.5) is 0 Å². The van der Waals surface area contributed by atoms with Crippen LogP contribution >= 0.6 is 12.2 Å². The molecule has 2 aromatic carbocycles. The Morgan fingerprint density at radius 3 is 2.33 bits per heavy atom. The molecule has 2 N–H and O–H groups in total. The molecule has 0 spiro atoms. The summed E-state index contributed by atoms with van der Waals surface area (Å²) >= 11 is 5.85. The average molecular weight is 511 g/mol. The lowest BCUT2D eigenvalue weighted by Gasteiger charge is -2.29. The van der Waals surface area contributed by atoms with E-state index in [1.165, 1.54) is 0 Å². The molecule has 7 nitrogen and oxygen atoms in total. The molecule has 1 heterocycles. The summed E-state index contributed by atoms with van der Waals surface area (Å²) in [5.74, 6) is 1.19. The molecular formula is C28H38N4O3S. The number of methoxy groups -OCH3 is 2. The normalized spacial score (nSPS) is 11.9. The van der Waals surface area contributed by atoms with Crippen LogP contribution in [0.25, 0.3) is 10.9 Å². The van der Waals surface area contributed by atoms with Gasteiger partial charge in [-0.25, -0.2) is 0 Å². The minimum absolute atomic E-state index is 0.0515. The molecule has 0 fully saturated rings. The lowest BCUT2D eigenvalue weighted by molar-refractivity contribution is 0.279. The molecule has 0 aliphatic rings. The molecular weight excluding hydrogens is 472 g/mol.